The van der Waals surface area contributed by atoms with E-state index in [1.54, 1.807) is 0 Å². The zero-order valence-electron chi connectivity index (χ0n) is 10.1. The topological polar surface area (TPSA) is 38.0 Å². The number of benzene rings is 1. The van der Waals surface area contributed by atoms with E-state index in [1.165, 1.54) is 18.4 Å². The second kappa shape index (κ2) is 6.92. The van der Waals surface area contributed by atoms with E-state index in [0.717, 1.165) is 29.2 Å². The Morgan fingerprint density at radius 1 is 1.25 bits per heavy atom. The number of rotatable bonds is 6. The van der Waals surface area contributed by atoms with Crippen LogP contribution in [0.1, 0.15) is 32.3 Å². The Labute approximate surface area is 107 Å². The fourth-order valence-corrected chi connectivity index (χ4v) is 2.33. The molecular formula is C13H21BrN2. The lowest BCUT2D eigenvalue weighted by atomic mass is 10.0. The fourth-order valence-electron chi connectivity index (χ4n) is 1.78. The molecule has 0 aliphatic heterocycles. The maximum Gasteiger partial charge on any atom is 0.0328 e. The van der Waals surface area contributed by atoms with Crippen LogP contribution in [0.15, 0.2) is 22.7 Å². The number of hydrogen-bond donors (Lipinski definition) is 2. The molecule has 0 atom stereocenters. The lowest BCUT2D eigenvalue weighted by Gasteiger charge is -2.13. The van der Waals surface area contributed by atoms with Crippen LogP contribution in [0.5, 0.6) is 0 Å². The molecule has 90 valence electrons. The van der Waals surface area contributed by atoms with Crippen molar-refractivity contribution in [2.45, 2.75) is 33.2 Å². The van der Waals surface area contributed by atoms with Gasteiger partial charge in [0, 0.05) is 16.7 Å². The number of halogens is 1. The summed E-state index contributed by atoms with van der Waals surface area (Å²) in [6.45, 7) is 6.46. The highest BCUT2D eigenvalue weighted by Crippen LogP contribution is 2.17. The average Bonchev–Trinajstić information content (AvgIpc) is 2.23. The third-order valence-corrected chi connectivity index (χ3v) is 3.35. The van der Waals surface area contributed by atoms with Gasteiger partial charge in [-0.05, 0) is 36.2 Å². The summed E-state index contributed by atoms with van der Waals surface area (Å²) in [4.78, 5) is 0. The molecule has 16 heavy (non-hydrogen) atoms. The lowest BCUT2D eigenvalue weighted by molar-refractivity contribution is 0.449. The molecule has 1 aromatic carbocycles. The molecule has 0 bridgehead atoms. The first-order chi connectivity index (χ1) is 7.65. The van der Waals surface area contributed by atoms with Gasteiger partial charge in [0.1, 0.15) is 0 Å². The highest BCUT2D eigenvalue weighted by atomic mass is 79.9. The van der Waals surface area contributed by atoms with Crippen molar-refractivity contribution in [2.75, 3.05) is 12.3 Å². The van der Waals surface area contributed by atoms with Gasteiger partial charge in [0.15, 0.2) is 0 Å². The predicted molar refractivity (Wildman–Crippen MR) is 74.3 cm³/mol. The number of nitrogen functional groups attached to an aromatic ring is 1. The summed E-state index contributed by atoms with van der Waals surface area (Å²) < 4.78 is 1.05. The van der Waals surface area contributed by atoms with E-state index in [-0.39, 0.29) is 0 Å². The molecule has 0 radical (unpaired) electrons. The van der Waals surface area contributed by atoms with E-state index < -0.39 is 0 Å². The summed E-state index contributed by atoms with van der Waals surface area (Å²) in [7, 11) is 0. The van der Waals surface area contributed by atoms with Crippen LogP contribution >= 0.6 is 15.9 Å². The highest BCUT2D eigenvalue weighted by Gasteiger charge is 2.03. The molecule has 0 unspecified atom stereocenters. The van der Waals surface area contributed by atoms with Crippen LogP contribution in [0.2, 0.25) is 0 Å². The van der Waals surface area contributed by atoms with E-state index in [9.17, 15) is 0 Å². The molecule has 0 saturated carbocycles. The number of hydrogen-bond acceptors (Lipinski definition) is 2. The highest BCUT2D eigenvalue weighted by molar-refractivity contribution is 9.10. The molecule has 2 nitrogen and oxygen atoms in total. The van der Waals surface area contributed by atoms with Crippen LogP contribution < -0.4 is 11.1 Å². The summed E-state index contributed by atoms with van der Waals surface area (Å²) in [5.41, 5.74) is 7.83. The summed E-state index contributed by atoms with van der Waals surface area (Å²) in [6, 6.07) is 6.05. The van der Waals surface area contributed by atoms with Gasteiger partial charge in [-0.15, -0.1) is 0 Å². The van der Waals surface area contributed by atoms with E-state index >= 15 is 0 Å². The first-order valence-electron chi connectivity index (χ1n) is 5.91. The van der Waals surface area contributed by atoms with Crippen LogP contribution in [0.3, 0.4) is 0 Å². The molecule has 0 amide bonds. The van der Waals surface area contributed by atoms with Gasteiger partial charge < -0.3 is 11.1 Å². The Morgan fingerprint density at radius 2 is 1.94 bits per heavy atom. The Morgan fingerprint density at radius 3 is 2.50 bits per heavy atom. The van der Waals surface area contributed by atoms with Gasteiger partial charge in [-0.25, -0.2) is 0 Å². The third kappa shape index (κ3) is 4.54. The van der Waals surface area contributed by atoms with Crippen molar-refractivity contribution in [1.29, 1.82) is 0 Å². The Hall–Kier alpha value is -0.540. The summed E-state index contributed by atoms with van der Waals surface area (Å²) in [5, 5.41) is 3.48. The molecule has 0 aliphatic rings. The van der Waals surface area contributed by atoms with Crippen molar-refractivity contribution in [3.8, 4) is 0 Å². The number of anilines is 1. The van der Waals surface area contributed by atoms with Crippen molar-refractivity contribution in [2.24, 2.45) is 5.92 Å². The van der Waals surface area contributed by atoms with Crippen molar-refractivity contribution in [3.05, 3.63) is 28.2 Å². The molecule has 0 aromatic heterocycles. The first-order valence-corrected chi connectivity index (χ1v) is 6.70. The van der Waals surface area contributed by atoms with Crippen LogP contribution in [-0.4, -0.2) is 6.54 Å². The molecule has 0 aliphatic carbocycles. The van der Waals surface area contributed by atoms with E-state index in [1.807, 2.05) is 12.1 Å². The van der Waals surface area contributed by atoms with Gasteiger partial charge in [0.2, 0.25) is 0 Å². The van der Waals surface area contributed by atoms with E-state index in [2.05, 4.69) is 41.2 Å². The van der Waals surface area contributed by atoms with Gasteiger partial charge in [-0.2, -0.15) is 0 Å². The van der Waals surface area contributed by atoms with E-state index in [0.29, 0.717) is 0 Å². The molecule has 1 aromatic rings. The van der Waals surface area contributed by atoms with Gasteiger partial charge in [-0.3, -0.25) is 0 Å². The minimum absolute atomic E-state index is 0.782. The minimum Gasteiger partial charge on any atom is -0.399 e. The van der Waals surface area contributed by atoms with Gasteiger partial charge >= 0.3 is 0 Å². The van der Waals surface area contributed by atoms with Crippen LogP contribution in [0.25, 0.3) is 0 Å². The maximum atomic E-state index is 5.79. The molecule has 0 saturated heterocycles. The molecule has 3 heteroatoms. The standard InChI is InChI=1S/C13H21BrN2/c1-3-10(4-2)8-16-9-11-5-12(14)7-13(15)6-11/h5-7,10,16H,3-4,8-9,15H2,1-2H3. The molecule has 0 fully saturated rings. The zero-order valence-corrected chi connectivity index (χ0v) is 11.7. The van der Waals surface area contributed by atoms with Crippen molar-refractivity contribution in [1.82, 2.24) is 5.32 Å². The Kier molecular flexibility index (Phi) is 5.85. The molecule has 0 spiro atoms. The van der Waals surface area contributed by atoms with Crippen LogP contribution in [-0.2, 0) is 6.54 Å². The van der Waals surface area contributed by atoms with Gasteiger partial charge in [-0.1, -0.05) is 42.6 Å². The SMILES string of the molecule is CCC(CC)CNCc1cc(N)cc(Br)c1. The Balaban J connectivity index is 2.42. The maximum absolute atomic E-state index is 5.79. The van der Waals surface area contributed by atoms with Crippen molar-refractivity contribution >= 4 is 21.6 Å². The fraction of sp³-hybridized carbons (Fsp3) is 0.538. The van der Waals surface area contributed by atoms with Crippen LogP contribution in [0.4, 0.5) is 5.69 Å². The third-order valence-electron chi connectivity index (χ3n) is 2.90. The first kappa shape index (κ1) is 13.5. The number of nitrogens with one attached hydrogen (secondary N) is 1. The van der Waals surface area contributed by atoms with Gasteiger partial charge in [0.05, 0.1) is 0 Å². The smallest absolute Gasteiger partial charge is 0.0328 e. The van der Waals surface area contributed by atoms with Crippen LogP contribution in [0, 0.1) is 5.92 Å². The second-order valence-corrected chi connectivity index (χ2v) is 5.12. The van der Waals surface area contributed by atoms with Crippen molar-refractivity contribution in [3.63, 3.8) is 0 Å². The molecule has 0 heterocycles. The zero-order chi connectivity index (χ0) is 12.0. The predicted octanol–water partition coefficient (Wildman–Crippen LogP) is 3.56. The van der Waals surface area contributed by atoms with Crippen molar-refractivity contribution < 1.29 is 0 Å². The largest absolute Gasteiger partial charge is 0.399 e. The summed E-state index contributed by atoms with van der Waals surface area (Å²) in [6.07, 6.45) is 2.48. The second-order valence-electron chi connectivity index (χ2n) is 4.21. The normalized spacial score (nSPS) is 11.0. The quantitative estimate of drug-likeness (QED) is 0.784. The molecular weight excluding hydrogens is 264 g/mol. The Bertz CT molecular complexity index is 301. The molecule has 3 N–H and O–H groups in total. The lowest BCUT2D eigenvalue weighted by Crippen LogP contribution is -2.21. The molecule has 1 rings (SSSR count). The number of nitrogens with two attached hydrogens (primary N) is 1. The summed E-state index contributed by atoms with van der Waals surface area (Å²) >= 11 is 3.45. The van der Waals surface area contributed by atoms with Gasteiger partial charge in [0.25, 0.3) is 0 Å². The van der Waals surface area contributed by atoms with E-state index in [4.69, 9.17) is 5.73 Å². The average molecular weight is 285 g/mol. The minimum atomic E-state index is 0.782. The monoisotopic (exact) mass is 284 g/mol. The summed E-state index contributed by atoms with van der Waals surface area (Å²) in [5.74, 6) is 0.782.